The van der Waals surface area contributed by atoms with Crippen molar-refractivity contribution in [2.45, 2.75) is 13.0 Å². The molecule has 1 atom stereocenters. The summed E-state index contributed by atoms with van der Waals surface area (Å²) in [7, 11) is 0. The van der Waals surface area contributed by atoms with E-state index in [0.717, 1.165) is 13.1 Å². The average Bonchev–Trinajstić information content (AvgIpc) is 2.37. The maximum Gasteiger partial charge on any atom is 0.344 e. The number of urea groups is 1. The van der Waals surface area contributed by atoms with Crippen molar-refractivity contribution in [1.29, 1.82) is 0 Å². The van der Waals surface area contributed by atoms with Crippen LogP contribution in [0, 0.1) is 0 Å². The molecule has 2 heterocycles. The summed E-state index contributed by atoms with van der Waals surface area (Å²) in [6.45, 7) is 7.43. The second-order valence-electron chi connectivity index (χ2n) is 3.65. The summed E-state index contributed by atoms with van der Waals surface area (Å²) in [5.74, 6) is 0. The predicted octanol–water partition coefficient (Wildman–Crippen LogP) is 1.17. The Hall–Kier alpha value is -1.29. The normalized spacial score (nSPS) is 25.4. The molecule has 0 saturated carbocycles. The topological polar surface area (TPSA) is 32.8 Å². The number of carbonyl (C=O) groups excluding carboxylic acids is 1. The molecule has 76 valence electrons. The van der Waals surface area contributed by atoms with Gasteiger partial charge >= 0.3 is 6.03 Å². The van der Waals surface area contributed by atoms with Crippen molar-refractivity contribution >= 4 is 6.03 Å². The first-order chi connectivity index (χ1) is 6.72. The minimum atomic E-state index is -0.0371. The molecule has 2 rings (SSSR count). The highest BCUT2D eigenvalue weighted by Gasteiger charge is 2.39. The molecule has 0 unspecified atom stereocenters. The third kappa shape index (κ3) is 1.42. The van der Waals surface area contributed by atoms with E-state index in [4.69, 9.17) is 4.84 Å². The standard InChI is InChI=1S/C10H14N2O2/c1-3-4-14-12-9-5-8(2)6-11(7-9)10(12)13/h3,5,9H,1,4,6-7H2,2H3/t9-/m1/s1. The molecule has 0 radical (unpaired) electrons. The fourth-order valence-corrected chi connectivity index (χ4v) is 1.88. The Balaban J connectivity index is 2.11. The van der Waals surface area contributed by atoms with Gasteiger partial charge in [-0.05, 0) is 6.92 Å². The summed E-state index contributed by atoms with van der Waals surface area (Å²) in [5.41, 5.74) is 1.22. The minimum absolute atomic E-state index is 0.0371. The second kappa shape index (κ2) is 3.46. The Morgan fingerprint density at radius 3 is 3.29 bits per heavy atom. The van der Waals surface area contributed by atoms with E-state index in [2.05, 4.69) is 12.7 Å². The van der Waals surface area contributed by atoms with Crippen LogP contribution in [0.1, 0.15) is 6.92 Å². The van der Waals surface area contributed by atoms with Gasteiger partial charge in [0, 0.05) is 13.1 Å². The van der Waals surface area contributed by atoms with E-state index >= 15 is 0 Å². The van der Waals surface area contributed by atoms with Gasteiger partial charge in [-0.2, -0.15) is 5.06 Å². The van der Waals surface area contributed by atoms with E-state index in [-0.39, 0.29) is 12.1 Å². The lowest BCUT2D eigenvalue weighted by Gasteiger charge is -2.19. The summed E-state index contributed by atoms with van der Waals surface area (Å²) < 4.78 is 0. The summed E-state index contributed by atoms with van der Waals surface area (Å²) in [5, 5.41) is 1.44. The summed E-state index contributed by atoms with van der Waals surface area (Å²) in [4.78, 5) is 18.8. The predicted molar refractivity (Wildman–Crippen MR) is 52.5 cm³/mol. The Bertz CT molecular complexity index is 298. The lowest BCUT2D eigenvalue weighted by Crippen LogP contribution is -2.33. The van der Waals surface area contributed by atoms with Crippen LogP contribution in [-0.4, -0.2) is 41.7 Å². The van der Waals surface area contributed by atoms with Gasteiger partial charge in [-0.3, -0.25) is 4.84 Å². The van der Waals surface area contributed by atoms with E-state index in [1.54, 1.807) is 11.0 Å². The number of amides is 2. The maximum absolute atomic E-state index is 11.7. The largest absolute Gasteiger partial charge is 0.344 e. The Morgan fingerprint density at radius 2 is 2.57 bits per heavy atom. The van der Waals surface area contributed by atoms with Gasteiger partial charge in [0.25, 0.3) is 0 Å². The zero-order valence-electron chi connectivity index (χ0n) is 8.27. The van der Waals surface area contributed by atoms with Gasteiger partial charge in [-0.1, -0.05) is 17.7 Å². The van der Waals surface area contributed by atoms with Crippen LogP contribution in [0.15, 0.2) is 24.3 Å². The van der Waals surface area contributed by atoms with Crippen LogP contribution in [0.3, 0.4) is 0 Å². The molecule has 0 aromatic heterocycles. The molecule has 4 nitrogen and oxygen atoms in total. The SMILES string of the molecule is C=CCON1C(=O)N2CC(C)=C[C@@H]1C2. The molecule has 14 heavy (non-hydrogen) atoms. The number of carbonyl (C=O) groups is 1. The molecule has 2 amide bonds. The molecule has 2 aliphatic heterocycles. The minimum Gasteiger partial charge on any atom is -0.316 e. The maximum atomic E-state index is 11.7. The first kappa shape index (κ1) is 9.27. The molecule has 0 N–H and O–H groups in total. The van der Waals surface area contributed by atoms with Gasteiger partial charge in [0.1, 0.15) is 0 Å². The van der Waals surface area contributed by atoms with Crippen LogP contribution in [0.5, 0.6) is 0 Å². The zero-order valence-corrected chi connectivity index (χ0v) is 8.27. The zero-order chi connectivity index (χ0) is 10.1. The van der Waals surface area contributed by atoms with Crippen LogP contribution < -0.4 is 0 Å². The number of rotatable bonds is 3. The quantitative estimate of drug-likeness (QED) is 0.632. The van der Waals surface area contributed by atoms with Gasteiger partial charge < -0.3 is 4.90 Å². The van der Waals surface area contributed by atoms with Crippen molar-refractivity contribution in [3.63, 3.8) is 0 Å². The molecule has 0 aliphatic carbocycles. The fourth-order valence-electron chi connectivity index (χ4n) is 1.88. The van der Waals surface area contributed by atoms with E-state index < -0.39 is 0 Å². The van der Waals surface area contributed by atoms with Crippen molar-refractivity contribution in [3.05, 3.63) is 24.3 Å². The Labute approximate surface area is 83.4 Å². The highest BCUT2D eigenvalue weighted by molar-refractivity contribution is 5.77. The van der Waals surface area contributed by atoms with Gasteiger partial charge in [-0.15, -0.1) is 6.58 Å². The average molecular weight is 194 g/mol. The molecule has 0 aromatic rings. The van der Waals surface area contributed by atoms with Crippen molar-refractivity contribution in [3.8, 4) is 0 Å². The molecule has 2 aliphatic rings. The Kier molecular flexibility index (Phi) is 2.29. The van der Waals surface area contributed by atoms with Gasteiger partial charge in [-0.25, -0.2) is 4.79 Å². The smallest absolute Gasteiger partial charge is 0.316 e. The molecule has 0 aromatic carbocycles. The molecule has 4 heteroatoms. The van der Waals surface area contributed by atoms with Gasteiger partial charge in [0.15, 0.2) is 0 Å². The van der Waals surface area contributed by atoms with Crippen molar-refractivity contribution in [1.82, 2.24) is 9.96 Å². The van der Waals surface area contributed by atoms with Crippen LogP contribution in [0.4, 0.5) is 4.79 Å². The van der Waals surface area contributed by atoms with Gasteiger partial charge in [0.05, 0.1) is 12.6 Å². The Morgan fingerprint density at radius 1 is 1.79 bits per heavy atom. The molecular weight excluding hydrogens is 180 g/mol. The number of hydroxylamine groups is 2. The first-order valence-corrected chi connectivity index (χ1v) is 4.71. The van der Waals surface area contributed by atoms with Crippen molar-refractivity contribution in [2.24, 2.45) is 0 Å². The van der Waals surface area contributed by atoms with Crippen LogP contribution in [0.25, 0.3) is 0 Å². The van der Waals surface area contributed by atoms with Crippen molar-refractivity contribution < 1.29 is 9.63 Å². The van der Waals surface area contributed by atoms with Crippen LogP contribution >= 0.6 is 0 Å². The number of hydrogen-bond acceptors (Lipinski definition) is 2. The lowest BCUT2D eigenvalue weighted by molar-refractivity contribution is -0.107. The van der Waals surface area contributed by atoms with E-state index in [1.165, 1.54) is 10.6 Å². The third-order valence-corrected chi connectivity index (χ3v) is 2.42. The first-order valence-electron chi connectivity index (χ1n) is 4.71. The molecule has 0 spiro atoms. The number of hydrogen-bond donors (Lipinski definition) is 0. The van der Waals surface area contributed by atoms with Crippen LogP contribution in [0.2, 0.25) is 0 Å². The number of nitrogens with zero attached hydrogens (tertiary/aromatic N) is 2. The lowest BCUT2D eigenvalue weighted by atomic mass is 10.1. The van der Waals surface area contributed by atoms with E-state index in [0.29, 0.717) is 6.61 Å². The highest BCUT2D eigenvalue weighted by Crippen LogP contribution is 2.24. The third-order valence-electron chi connectivity index (χ3n) is 2.42. The summed E-state index contributed by atoms with van der Waals surface area (Å²) >= 11 is 0. The monoisotopic (exact) mass is 194 g/mol. The number of fused-ring (bicyclic) bond motifs is 2. The van der Waals surface area contributed by atoms with E-state index in [1.807, 2.05) is 6.92 Å². The second-order valence-corrected chi connectivity index (χ2v) is 3.65. The highest BCUT2D eigenvalue weighted by atomic mass is 16.7. The molecule has 2 bridgehead atoms. The van der Waals surface area contributed by atoms with Crippen LogP contribution in [-0.2, 0) is 4.84 Å². The van der Waals surface area contributed by atoms with E-state index in [9.17, 15) is 4.79 Å². The molecule has 1 saturated heterocycles. The van der Waals surface area contributed by atoms with Gasteiger partial charge in [0.2, 0.25) is 0 Å². The summed E-state index contributed by atoms with van der Waals surface area (Å²) in [6, 6.07) is 0.0427. The van der Waals surface area contributed by atoms with Crippen molar-refractivity contribution in [2.75, 3.05) is 19.7 Å². The fraction of sp³-hybridized carbons (Fsp3) is 0.500. The molecule has 1 fully saturated rings. The molecular formula is C10H14N2O2. The summed E-state index contributed by atoms with van der Waals surface area (Å²) in [6.07, 6.45) is 3.73.